The summed E-state index contributed by atoms with van der Waals surface area (Å²) in [5.74, 6) is 1.64. The molecule has 1 unspecified atom stereocenters. The summed E-state index contributed by atoms with van der Waals surface area (Å²) in [6, 6.07) is 8.37. The zero-order valence-corrected chi connectivity index (χ0v) is 13.0. The second-order valence-corrected chi connectivity index (χ2v) is 5.69. The average Bonchev–Trinajstić information content (AvgIpc) is 2.46. The molecule has 0 amide bonds. The van der Waals surface area contributed by atoms with Gasteiger partial charge >= 0.3 is 0 Å². The summed E-state index contributed by atoms with van der Waals surface area (Å²) in [6.45, 7) is 4.93. The lowest BCUT2D eigenvalue weighted by Gasteiger charge is -2.12. The van der Waals surface area contributed by atoms with Crippen LogP contribution >= 0.6 is 0 Å². The van der Waals surface area contributed by atoms with Gasteiger partial charge in [0.05, 0.1) is 13.3 Å². The van der Waals surface area contributed by atoms with Gasteiger partial charge in [-0.1, -0.05) is 51.7 Å². The predicted octanol–water partition coefficient (Wildman–Crippen LogP) is 5.57. The van der Waals surface area contributed by atoms with Crippen LogP contribution in [0.2, 0.25) is 0 Å². The van der Waals surface area contributed by atoms with E-state index in [1.807, 2.05) is 12.1 Å². The van der Waals surface area contributed by atoms with Crippen LogP contribution in [0.5, 0.6) is 5.75 Å². The smallest absolute Gasteiger partial charge is 0.119 e. The van der Waals surface area contributed by atoms with Crippen molar-refractivity contribution in [2.24, 2.45) is 5.92 Å². The molecule has 114 valence electrons. The Morgan fingerprint density at radius 1 is 1.05 bits per heavy atom. The lowest BCUT2D eigenvalue weighted by Crippen LogP contribution is -2.01. The Morgan fingerprint density at radius 3 is 2.45 bits per heavy atom. The van der Waals surface area contributed by atoms with E-state index < -0.39 is 0 Å². The van der Waals surface area contributed by atoms with Crippen molar-refractivity contribution in [2.45, 2.75) is 58.8 Å². The van der Waals surface area contributed by atoms with Crippen LogP contribution in [-0.4, -0.2) is 13.3 Å². The summed E-state index contributed by atoms with van der Waals surface area (Å²) in [5, 5.41) is 0. The van der Waals surface area contributed by atoms with Crippen molar-refractivity contribution >= 4 is 0 Å². The highest BCUT2D eigenvalue weighted by Crippen LogP contribution is 2.18. The molecule has 2 heteroatoms. The minimum atomic E-state index is -0.252. The molecule has 0 saturated heterocycles. The van der Waals surface area contributed by atoms with Crippen LogP contribution < -0.4 is 4.74 Å². The number of ether oxygens (including phenoxy) is 1. The number of unbranched alkanes of at least 4 members (excludes halogenated alkanes) is 3. The number of halogens is 1. The molecule has 0 N–H and O–H groups in total. The van der Waals surface area contributed by atoms with E-state index in [9.17, 15) is 4.39 Å². The fraction of sp³-hybridized carbons (Fsp3) is 0.667. The fourth-order valence-electron chi connectivity index (χ4n) is 2.36. The van der Waals surface area contributed by atoms with Gasteiger partial charge in [0.15, 0.2) is 0 Å². The number of rotatable bonds is 11. The van der Waals surface area contributed by atoms with Gasteiger partial charge in [-0.2, -0.15) is 0 Å². The minimum Gasteiger partial charge on any atom is -0.494 e. The van der Waals surface area contributed by atoms with Crippen molar-refractivity contribution in [3.05, 3.63) is 29.8 Å². The molecule has 20 heavy (non-hydrogen) atoms. The van der Waals surface area contributed by atoms with E-state index in [0.717, 1.165) is 24.5 Å². The maximum absolute atomic E-state index is 11.9. The summed E-state index contributed by atoms with van der Waals surface area (Å²) in [7, 11) is 0. The molecule has 0 aliphatic carbocycles. The number of hydrogen-bond acceptors (Lipinski definition) is 1. The summed E-state index contributed by atoms with van der Waals surface area (Å²) < 4.78 is 17.5. The van der Waals surface area contributed by atoms with Crippen molar-refractivity contribution in [1.29, 1.82) is 0 Å². The molecule has 0 aliphatic rings. The Labute approximate surface area is 123 Å². The van der Waals surface area contributed by atoms with Crippen LogP contribution in [0.25, 0.3) is 0 Å². The van der Waals surface area contributed by atoms with Gasteiger partial charge in [0.1, 0.15) is 5.75 Å². The monoisotopic (exact) mass is 280 g/mol. The molecule has 0 saturated carbocycles. The quantitative estimate of drug-likeness (QED) is 0.481. The topological polar surface area (TPSA) is 9.23 Å². The van der Waals surface area contributed by atoms with Gasteiger partial charge in [-0.25, -0.2) is 0 Å². The maximum Gasteiger partial charge on any atom is 0.119 e. The molecule has 0 bridgehead atoms. The van der Waals surface area contributed by atoms with E-state index in [1.54, 1.807) is 0 Å². The SMILES string of the molecule is CCCCCC(C)Cc1ccc(OCCCCF)cc1. The van der Waals surface area contributed by atoms with Crippen LogP contribution in [-0.2, 0) is 6.42 Å². The zero-order valence-electron chi connectivity index (χ0n) is 13.0. The van der Waals surface area contributed by atoms with Gasteiger partial charge in [-0.15, -0.1) is 0 Å². The molecule has 1 nitrogen and oxygen atoms in total. The number of alkyl halides is 1. The van der Waals surface area contributed by atoms with E-state index >= 15 is 0 Å². The Balaban J connectivity index is 2.27. The second-order valence-electron chi connectivity index (χ2n) is 5.69. The van der Waals surface area contributed by atoms with Crippen molar-refractivity contribution in [2.75, 3.05) is 13.3 Å². The average molecular weight is 280 g/mol. The van der Waals surface area contributed by atoms with Crippen LogP contribution in [0.3, 0.4) is 0 Å². The highest BCUT2D eigenvalue weighted by molar-refractivity contribution is 5.27. The Morgan fingerprint density at radius 2 is 1.80 bits per heavy atom. The zero-order chi connectivity index (χ0) is 14.6. The highest BCUT2D eigenvalue weighted by Gasteiger charge is 2.04. The summed E-state index contributed by atoms with van der Waals surface area (Å²) >= 11 is 0. The summed E-state index contributed by atoms with van der Waals surface area (Å²) in [6.07, 6.45) is 7.81. The second kappa shape index (κ2) is 10.7. The van der Waals surface area contributed by atoms with Gasteiger partial charge in [0, 0.05) is 0 Å². The molecule has 0 fully saturated rings. The summed E-state index contributed by atoms with van der Waals surface area (Å²) in [4.78, 5) is 0. The standard InChI is InChI=1S/C18H29FO/c1-3-4-5-8-16(2)15-17-9-11-18(12-10-17)20-14-7-6-13-19/h9-12,16H,3-8,13-15H2,1-2H3. The first-order valence-electron chi connectivity index (χ1n) is 8.04. The summed E-state index contributed by atoms with van der Waals surface area (Å²) in [5.41, 5.74) is 1.38. The minimum absolute atomic E-state index is 0.252. The molecule has 1 atom stereocenters. The van der Waals surface area contributed by atoms with E-state index in [4.69, 9.17) is 4.74 Å². The largest absolute Gasteiger partial charge is 0.494 e. The van der Waals surface area contributed by atoms with Crippen molar-refractivity contribution in [3.63, 3.8) is 0 Å². The van der Waals surface area contributed by atoms with Crippen LogP contribution in [0.1, 0.15) is 57.9 Å². The molecule has 0 radical (unpaired) electrons. The van der Waals surface area contributed by atoms with Crippen molar-refractivity contribution in [1.82, 2.24) is 0 Å². The lowest BCUT2D eigenvalue weighted by molar-refractivity contribution is 0.297. The third-order valence-corrected chi connectivity index (χ3v) is 3.60. The van der Waals surface area contributed by atoms with Gasteiger partial charge in [0.2, 0.25) is 0 Å². The van der Waals surface area contributed by atoms with Gasteiger partial charge in [-0.05, 0) is 42.9 Å². The van der Waals surface area contributed by atoms with Gasteiger partial charge in [-0.3, -0.25) is 4.39 Å². The van der Waals surface area contributed by atoms with Gasteiger partial charge in [0.25, 0.3) is 0 Å². The first-order valence-corrected chi connectivity index (χ1v) is 8.04. The first-order chi connectivity index (χ1) is 9.76. The van der Waals surface area contributed by atoms with Crippen molar-refractivity contribution in [3.8, 4) is 5.75 Å². The first kappa shape index (κ1) is 17.0. The lowest BCUT2D eigenvalue weighted by atomic mass is 9.95. The third-order valence-electron chi connectivity index (χ3n) is 3.60. The van der Waals surface area contributed by atoms with Crippen LogP contribution in [0.15, 0.2) is 24.3 Å². The van der Waals surface area contributed by atoms with E-state index in [1.165, 1.54) is 31.2 Å². The van der Waals surface area contributed by atoms with Crippen LogP contribution in [0.4, 0.5) is 4.39 Å². The Hall–Kier alpha value is -1.05. The molecule has 1 aromatic carbocycles. The molecule has 0 aromatic heterocycles. The number of hydrogen-bond donors (Lipinski definition) is 0. The maximum atomic E-state index is 11.9. The van der Waals surface area contributed by atoms with Crippen molar-refractivity contribution < 1.29 is 9.13 Å². The Bertz CT molecular complexity index is 334. The molecule has 0 heterocycles. The molecule has 1 rings (SSSR count). The third kappa shape index (κ3) is 7.52. The number of benzene rings is 1. The van der Waals surface area contributed by atoms with Gasteiger partial charge < -0.3 is 4.74 Å². The van der Waals surface area contributed by atoms with Crippen LogP contribution in [0, 0.1) is 5.92 Å². The normalized spacial score (nSPS) is 12.3. The van der Waals surface area contributed by atoms with E-state index in [-0.39, 0.29) is 6.67 Å². The molecule has 1 aromatic rings. The highest BCUT2D eigenvalue weighted by atomic mass is 19.1. The predicted molar refractivity (Wildman–Crippen MR) is 84.2 cm³/mol. The molecule has 0 aliphatic heterocycles. The molecule has 0 spiro atoms. The Kier molecular flexibility index (Phi) is 9.10. The van der Waals surface area contributed by atoms with E-state index in [2.05, 4.69) is 26.0 Å². The fourth-order valence-corrected chi connectivity index (χ4v) is 2.36. The molecular weight excluding hydrogens is 251 g/mol. The van der Waals surface area contributed by atoms with E-state index in [0.29, 0.717) is 13.0 Å². The molecular formula is C18H29FO.